The molecule has 3 nitrogen and oxygen atoms in total. The van der Waals surface area contributed by atoms with Crippen LogP contribution in [0.5, 0.6) is 5.75 Å². The van der Waals surface area contributed by atoms with E-state index < -0.39 is 0 Å². The number of nitrogens with one attached hydrogen (secondary N) is 1. The number of aryl methyl sites for hydroxylation is 2. The molecule has 21 heavy (non-hydrogen) atoms. The third kappa shape index (κ3) is 3.67. The first-order valence-electron chi connectivity index (χ1n) is 7.57. The van der Waals surface area contributed by atoms with Gasteiger partial charge in [-0.2, -0.15) is 0 Å². The summed E-state index contributed by atoms with van der Waals surface area (Å²) in [6, 6.07) is 8.59. The van der Waals surface area contributed by atoms with Crippen LogP contribution in [0.2, 0.25) is 0 Å². The van der Waals surface area contributed by atoms with Gasteiger partial charge in [0.2, 0.25) is 0 Å². The van der Waals surface area contributed by atoms with Crippen molar-refractivity contribution in [3.05, 3.63) is 53.0 Å². The Morgan fingerprint density at radius 1 is 1.24 bits per heavy atom. The Labute approximate surface area is 127 Å². The van der Waals surface area contributed by atoms with Crippen molar-refractivity contribution >= 4 is 0 Å². The van der Waals surface area contributed by atoms with E-state index in [2.05, 4.69) is 38.2 Å². The summed E-state index contributed by atoms with van der Waals surface area (Å²) < 4.78 is 11.1. The fourth-order valence-electron chi connectivity index (χ4n) is 2.71. The Bertz CT molecular complexity index is 561. The zero-order chi connectivity index (χ0) is 15.2. The fourth-order valence-corrected chi connectivity index (χ4v) is 2.71. The first kappa shape index (κ1) is 15.6. The molecule has 1 unspecified atom stereocenters. The summed E-state index contributed by atoms with van der Waals surface area (Å²) in [6.07, 6.45) is 3.63. The molecule has 0 spiro atoms. The highest BCUT2D eigenvalue weighted by atomic mass is 16.5. The summed E-state index contributed by atoms with van der Waals surface area (Å²) >= 11 is 0. The lowest BCUT2D eigenvalue weighted by atomic mass is 9.95. The van der Waals surface area contributed by atoms with Gasteiger partial charge in [0.25, 0.3) is 0 Å². The molecule has 3 heteroatoms. The molecule has 1 atom stereocenters. The van der Waals surface area contributed by atoms with E-state index in [-0.39, 0.29) is 6.04 Å². The van der Waals surface area contributed by atoms with Crippen LogP contribution >= 0.6 is 0 Å². The van der Waals surface area contributed by atoms with E-state index in [9.17, 15) is 0 Å². The molecule has 1 aromatic carbocycles. The van der Waals surface area contributed by atoms with Gasteiger partial charge in [0.15, 0.2) is 0 Å². The van der Waals surface area contributed by atoms with Crippen LogP contribution in [0.3, 0.4) is 0 Å². The smallest absolute Gasteiger partial charge is 0.126 e. The Balaban J connectivity index is 2.23. The van der Waals surface area contributed by atoms with Crippen LogP contribution in [-0.2, 0) is 6.42 Å². The minimum atomic E-state index is 0.273. The molecule has 0 radical (unpaired) electrons. The van der Waals surface area contributed by atoms with Gasteiger partial charge in [-0.15, -0.1) is 0 Å². The molecule has 1 aromatic heterocycles. The summed E-state index contributed by atoms with van der Waals surface area (Å²) in [7, 11) is 1.75. The zero-order valence-electron chi connectivity index (χ0n) is 13.4. The van der Waals surface area contributed by atoms with Gasteiger partial charge in [-0.25, -0.2) is 0 Å². The molecular formula is C18H25NO2. The van der Waals surface area contributed by atoms with E-state index in [0.29, 0.717) is 0 Å². The maximum atomic E-state index is 5.66. The minimum Gasteiger partial charge on any atom is -0.496 e. The first-order valence-corrected chi connectivity index (χ1v) is 7.57. The number of rotatable bonds is 7. The largest absolute Gasteiger partial charge is 0.496 e. The summed E-state index contributed by atoms with van der Waals surface area (Å²) in [4.78, 5) is 0. The lowest BCUT2D eigenvalue weighted by Gasteiger charge is -2.22. The van der Waals surface area contributed by atoms with Crippen LogP contribution in [0.4, 0.5) is 0 Å². The van der Waals surface area contributed by atoms with Gasteiger partial charge in [-0.1, -0.05) is 19.1 Å². The van der Waals surface area contributed by atoms with E-state index in [1.165, 1.54) is 16.7 Å². The average molecular weight is 287 g/mol. The SMILES string of the molecule is CCNC(CCc1ccco1)c1ccc(C)c(C)c1OC. The van der Waals surface area contributed by atoms with E-state index in [4.69, 9.17) is 9.15 Å². The molecule has 2 aromatic rings. The molecule has 0 aliphatic carbocycles. The van der Waals surface area contributed by atoms with Crippen molar-refractivity contribution in [3.63, 3.8) is 0 Å². The van der Waals surface area contributed by atoms with Gasteiger partial charge in [0, 0.05) is 18.0 Å². The molecule has 0 amide bonds. The lowest BCUT2D eigenvalue weighted by Crippen LogP contribution is -2.22. The third-order valence-corrected chi connectivity index (χ3v) is 4.00. The first-order chi connectivity index (χ1) is 10.2. The van der Waals surface area contributed by atoms with Gasteiger partial charge in [-0.3, -0.25) is 0 Å². The number of hydrogen-bond donors (Lipinski definition) is 1. The van der Waals surface area contributed by atoms with Crippen LogP contribution in [0.25, 0.3) is 0 Å². The van der Waals surface area contributed by atoms with E-state index in [0.717, 1.165) is 30.9 Å². The topological polar surface area (TPSA) is 34.4 Å². The summed E-state index contributed by atoms with van der Waals surface area (Å²) in [5.74, 6) is 2.03. The molecule has 2 rings (SSSR count). The second kappa shape index (κ2) is 7.32. The fraction of sp³-hybridized carbons (Fsp3) is 0.444. The Hall–Kier alpha value is -1.74. The van der Waals surface area contributed by atoms with Gasteiger partial charge in [0.05, 0.1) is 13.4 Å². The highest BCUT2D eigenvalue weighted by Gasteiger charge is 2.18. The number of benzene rings is 1. The van der Waals surface area contributed by atoms with E-state index in [1.807, 2.05) is 12.1 Å². The number of hydrogen-bond acceptors (Lipinski definition) is 3. The normalized spacial score (nSPS) is 12.4. The molecule has 114 valence electrons. The minimum absolute atomic E-state index is 0.273. The predicted molar refractivity (Wildman–Crippen MR) is 85.9 cm³/mol. The van der Waals surface area contributed by atoms with Gasteiger partial charge in [0.1, 0.15) is 11.5 Å². The molecular weight excluding hydrogens is 262 g/mol. The van der Waals surface area contributed by atoms with Gasteiger partial charge >= 0.3 is 0 Å². The van der Waals surface area contributed by atoms with Crippen LogP contribution in [0.1, 0.15) is 41.8 Å². The van der Waals surface area contributed by atoms with E-state index >= 15 is 0 Å². The molecule has 0 saturated carbocycles. The van der Waals surface area contributed by atoms with Crippen molar-refractivity contribution in [3.8, 4) is 5.75 Å². The number of furan rings is 1. The summed E-state index contributed by atoms with van der Waals surface area (Å²) in [5, 5.41) is 3.56. The second-order valence-corrected chi connectivity index (χ2v) is 5.36. The highest BCUT2D eigenvalue weighted by molar-refractivity contribution is 5.46. The quantitative estimate of drug-likeness (QED) is 0.829. The van der Waals surface area contributed by atoms with Gasteiger partial charge < -0.3 is 14.5 Å². The van der Waals surface area contributed by atoms with Crippen LogP contribution in [0.15, 0.2) is 34.9 Å². The Morgan fingerprint density at radius 2 is 2.05 bits per heavy atom. The third-order valence-electron chi connectivity index (χ3n) is 4.00. The molecule has 0 bridgehead atoms. The van der Waals surface area contributed by atoms with Crippen molar-refractivity contribution in [1.29, 1.82) is 0 Å². The number of ether oxygens (including phenoxy) is 1. The Kier molecular flexibility index (Phi) is 5.45. The van der Waals surface area contributed by atoms with Crippen molar-refractivity contribution in [2.45, 2.75) is 39.7 Å². The monoisotopic (exact) mass is 287 g/mol. The van der Waals surface area contributed by atoms with Gasteiger partial charge in [-0.05, 0) is 50.1 Å². The molecule has 1 N–H and O–H groups in total. The van der Waals surface area contributed by atoms with Crippen molar-refractivity contribution in [2.75, 3.05) is 13.7 Å². The molecule has 0 fully saturated rings. The maximum Gasteiger partial charge on any atom is 0.126 e. The van der Waals surface area contributed by atoms with E-state index in [1.54, 1.807) is 13.4 Å². The zero-order valence-corrected chi connectivity index (χ0v) is 13.4. The second-order valence-electron chi connectivity index (χ2n) is 5.36. The average Bonchev–Trinajstić information content (AvgIpc) is 2.99. The molecule has 0 aliphatic heterocycles. The van der Waals surface area contributed by atoms with Crippen molar-refractivity contribution in [2.24, 2.45) is 0 Å². The highest BCUT2D eigenvalue weighted by Crippen LogP contribution is 2.33. The molecule has 1 heterocycles. The lowest BCUT2D eigenvalue weighted by molar-refractivity contribution is 0.389. The van der Waals surface area contributed by atoms with Crippen molar-refractivity contribution < 1.29 is 9.15 Å². The van der Waals surface area contributed by atoms with Crippen molar-refractivity contribution in [1.82, 2.24) is 5.32 Å². The summed E-state index contributed by atoms with van der Waals surface area (Å²) in [6.45, 7) is 7.30. The van der Waals surface area contributed by atoms with Crippen LogP contribution < -0.4 is 10.1 Å². The maximum absolute atomic E-state index is 5.66. The van der Waals surface area contributed by atoms with Crippen LogP contribution in [0, 0.1) is 13.8 Å². The molecule has 0 saturated heterocycles. The summed E-state index contributed by atoms with van der Waals surface area (Å²) in [5.41, 5.74) is 3.71. The standard InChI is InChI=1S/C18H25NO2/c1-5-19-17(11-9-15-7-6-12-21-15)16-10-8-13(2)14(3)18(16)20-4/h6-8,10,12,17,19H,5,9,11H2,1-4H3. The van der Waals surface area contributed by atoms with Crippen LogP contribution in [-0.4, -0.2) is 13.7 Å². The Morgan fingerprint density at radius 3 is 2.67 bits per heavy atom. The predicted octanol–water partition coefficient (Wildman–Crippen LogP) is 4.19. The number of methoxy groups -OCH3 is 1. The molecule has 0 aliphatic rings.